The number of hydrogen-bond donors (Lipinski definition) is 1. The number of carbonyl (C=O) groups is 2. The molecular weight excluding hydrogens is 598 g/mol. The van der Waals surface area contributed by atoms with Gasteiger partial charge in [0.05, 0.1) is 39.0 Å². The number of amides is 2. The van der Waals surface area contributed by atoms with E-state index in [4.69, 9.17) is 18.9 Å². The van der Waals surface area contributed by atoms with Gasteiger partial charge in [0, 0.05) is 25.2 Å². The largest absolute Gasteiger partial charge is 0.497 e. The molecule has 0 fully saturated rings. The lowest BCUT2D eigenvalue weighted by Gasteiger charge is -2.33. The van der Waals surface area contributed by atoms with Gasteiger partial charge in [-0.25, -0.2) is 8.42 Å². The van der Waals surface area contributed by atoms with Gasteiger partial charge in [-0.3, -0.25) is 13.9 Å². The molecule has 0 saturated heterocycles. The molecule has 2 amide bonds. The molecule has 0 heterocycles. The number of rotatable bonds is 17. The molecule has 0 aliphatic carbocycles. The van der Waals surface area contributed by atoms with E-state index in [1.807, 2.05) is 44.2 Å². The van der Waals surface area contributed by atoms with E-state index >= 15 is 0 Å². The summed E-state index contributed by atoms with van der Waals surface area (Å²) in [6.45, 7) is 3.80. The number of benzene rings is 3. The number of carbonyl (C=O) groups excluding carboxylic acids is 2. The number of ether oxygens (including phenoxy) is 4. The summed E-state index contributed by atoms with van der Waals surface area (Å²) < 4.78 is 51.4. The zero-order valence-electron chi connectivity index (χ0n) is 26.7. The standard InChI is InChI=1S/C33H43N3O8S/c1-7-19-34-33(38)27(8-2)35(20-18-24-12-10-9-11-13-24)32(37)23-36(28-21-25(41-3)14-16-29(28)42-4)45(39,40)26-15-17-30(43-5)31(22-26)44-6/h9-17,21-22,27H,7-8,18-20,23H2,1-6H3,(H,34,38). The van der Waals surface area contributed by atoms with E-state index in [0.717, 1.165) is 16.3 Å². The molecule has 3 aromatic rings. The first-order chi connectivity index (χ1) is 21.6. The van der Waals surface area contributed by atoms with Crippen molar-refractivity contribution in [1.29, 1.82) is 0 Å². The van der Waals surface area contributed by atoms with Crippen LogP contribution in [0.3, 0.4) is 0 Å². The Balaban J connectivity index is 2.14. The van der Waals surface area contributed by atoms with Gasteiger partial charge in [-0.1, -0.05) is 44.2 Å². The minimum atomic E-state index is -4.42. The highest BCUT2D eigenvalue weighted by molar-refractivity contribution is 7.92. The molecule has 0 aliphatic rings. The van der Waals surface area contributed by atoms with Crippen molar-refractivity contribution in [3.8, 4) is 23.0 Å². The SMILES string of the molecule is CCCNC(=O)C(CC)N(CCc1ccccc1)C(=O)CN(c1cc(OC)ccc1OC)S(=O)(=O)c1ccc(OC)c(OC)c1. The first-order valence-electron chi connectivity index (χ1n) is 14.7. The summed E-state index contributed by atoms with van der Waals surface area (Å²) >= 11 is 0. The molecule has 1 unspecified atom stereocenters. The number of sulfonamides is 1. The number of nitrogens with one attached hydrogen (secondary N) is 1. The number of hydrogen-bond acceptors (Lipinski definition) is 8. The van der Waals surface area contributed by atoms with Crippen LogP contribution in [0.1, 0.15) is 32.3 Å². The van der Waals surface area contributed by atoms with Gasteiger partial charge >= 0.3 is 0 Å². The van der Waals surface area contributed by atoms with E-state index < -0.39 is 28.5 Å². The summed E-state index contributed by atoms with van der Waals surface area (Å²) in [5, 5.41) is 2.89. The summed E-state index contributed by atoms with van der Waals surface area (Å²) in [6, 6.07) is 17.6. The molecule has 1 atom stereocenters. The first-order valence-corrected chi connectivity index (χ1v) is 16.2. The van der Waals surface area contributed by atoms with Gasteiger partial charge in [-0.15, -0.1) is 0 Å². The highest BCUT2D eigenvalue weighted by atomic mass is 32.2. The average Bonchev–Trinajstić information content (AvgIpc) is 3.07. The van der Waals surface area contributed by atoms with Crippen LogP contribution >= 0.6 is 0 Å². The van der Waals surface area contributed by atoms with Crippen LogP contribution in [0.2, 0.25) is 0 Å². The van der Waals surface area contributed by atoms with Gasteiger partial charge in [0.15, 0.2) is 11.5 Å². The Kier molecular flexibility index (Phi) is 12.9. The van der Waals surface area contributed by atoms with Crippen LogP contribution < -0.4 is 28.6 Å². The van der Waals surface area contributed by atoms with E-state index in [-0.39, 0.29) is 34.5 Å². The zero-order chi connectivity index (χ0) is 33.0. The van der Waals surface area contributed by atoms with E-state index in [1.165, 1.54) is 57.6 Å². The van der Waals surface area contributed by atoms with Crippen LogP contribution in [0.15, 0.2) is 71.6 Å². The molecule has 45 heavy (non-hydrogen) atoms. The Morgan fingerprint density at radius 3 is 2.09 bits per heavy atom. The van der Waals surface area contributed by atoms with Crippen LogP contribution in [0.5, 0.6) is 23.0 Å². The Labute approximate surface area is 266 Å². The van der Waals surface area contributed by atoms with E-state index in [2.05, 4.69) is 5.32 Å². The van der Waals surface area contributed by atoms with E-state index in [9.17, 15) is 18.0 Å². The lowest BCUT2D eigenvalue weighted by molar-refractivity contribution is -0.139. The molecule has 1 N–H and O–H groups in total. The van der Waals surface area contributed by atoms with Crippen molar-refractivity contribution in [3.05, 3.63) is 72.3 Å². The third-order valence-electron chi connectivity index (χ3n) is 7.30. The third-order valence-corrected chi connectivity index (χ3v) is 9.05. The summed E-state index contributed by atoms with van der Waals surface area (Å²) in [5.41, 5.74) is 1.06. The molecular formula is C33H43N3O8S. The van der Waals surface area contributed by atoms with Crippen molar-refractivity contribution in [2.75, 3.05) is 52.4 Å². The first kappa shape index (κ1) is 35.0. The Morgan fingerprint density at radius 1 is 0.822 bits per heavy atom. The highest BCUT2D eigenvalue weighted by Gasteiger charge is 2.35. The van der Waals surface area contributed by atoms with E-state index in [0.29, 0.717) is 30.9 Å². The molecule has 244 valence electrons. The predicted molar refractivity (Wildman–Crippen MR) is 173 cm³/mol. The Hall–Kier alpha value is -4.45. The molecule has 0 saturated carbocycles. The van der Waals surface area contributed by atoms with Crippen LogP contribution in [0.25, 0.3) is 0 Å². The molecule has 0 aromatic heterocycles. The van der Waals surface area contributed by atoms with Crippen LogP contribution in [-0.4, -0.2) is 79.2 Å². The monoisotopic (exact) mass is 641 g/mol. The molecule has 3 rings (SSSR count). The quantitative estimate of drug-likeness (QED) is 0.232. The molecule has 0 bridgehead atoms. The number of anilines is 1. The minimum Gasteiger partial charge on any atom is -0.497 e. The smallest absolute Gasteiger partial charge is 0.265 e. The van der Waals surface area contributed by atoms with Gasteiger partial charge in [0.2, 0.25) is 11.8 Å². The van der Waals surface area contributed by atoms with Crippen molar-refractivity contribution in [2.24, 2.45) is 0 Å². The average molecular weight is 642 g/mol. The molecule has 12 heteroatoms. The summed E-state index contributed by atoms with van der Waals surface area (Å²) in [5.74, 6) is 0.250. The predicted octanol–water partition coefficient (Wildman–Crippen LogP) is 4.29. The number of nitrogens with zero attached hydrogens (tertiary/aromatic N) is 2. The van der Waals surface area contributed by atoms with Crippen molar-refractivity contribution < 1.29 is 37.0 Å². The highest BCUT2D eigenvalue weighted by Crippen LogP contribution is 2.37. The van der Waals surface area contributed by atoms with Crippen molar-refractivity contribution in [1.82, 2.24) is 10.2 Å². The lowest BCUT2D eigenvalue weighted by atomic mass is 10.1. The molecule has 0 radical (unpaired) electrons. The van der Waals surface area contributed by atoms with Crippen molar-refractivity contribution >= 4 is 27.5 Å². The van der Waals surface area contributed by atoms with Crippen LogP contribution in [-0.2, 0) is 26.0 Å². The summed E-state index contributed by atoms with van der Waals surface area (Å²) in [6.07, 6.45) is 1.53. The maximum atomic E-state index is 14.4. The summed E-state index contributed by atoms with van der Waals surface area (Å²) in [7, 11) is 1.30. The third kappa shape index (κ3) is 8.59. The van der Waals surface area contributed by atoms with Crippen LogP contribution in [0, 0.1) is 0 Å². The van der Waals surface area contributed by atoms with Gasteiger partial charge in [0.25, 0.3) is 10.0 Å². The van der Waals surface area contributed by atoms with Crippen LogP contribution in [0.4, 0.5) is 5.69 Å². The molecule has 3 aromatic carbocycles. The fraction of sp³-hybridized carbons (Fsp3) is 0.394. The molecule has 11 nitrogen and oxygen atoms in total. The maximum absolute atomic E-state index is 14.4. The summed E-state index contributed by atoms with van der Waals surface area (Å²) in [4.78, 5) is 28.9. The second kappa shape index (κ2) is 16.6. The fourth-order valence-electron chi connectivity index (χ4n) is 4.87. The lowest BCUT2D eigenvalue weighted by Crippen LogP contribution is -2.53. The van der Waals surface area contributed by atoms with Gasteiger partial charge in [0.1, 0.15) is 24.1 Å². The minimum absolute atomic E-state index is 0.0893. The molecule has 0 spiro atoms. The van der Waals surface area contributed by atoms with Gasteiger partial charge in [-0.2, -0.15) is 0 Å². The van der Waals surface area contributed by atoms with E-state index in [1.54, 1.807) is 12.1 Å². The topological polar surface area (TPSA) is 124 Å². The zero-order valence-corrected chi connectivity index (χ0v) is 27.6. The Bertz CT molecular complexity index is 1530. The van der Waals surface area contributed by atoms with Gasteiger partial charge < -0.3 is 29.2 Å². The molecule has 0 aliphatic heterocycles. The number of methoxy groups -OCH3 is 4. The normalized spacial score (nSPS) is 11.7. The second-order valence-corrected chi connectivity index (χ2v) is 12.0. The fourth-order valence-corrected chi connectivity index (χ4v) is 6.30. The maximum Gasteiger partial charge on any atom is 0.265 e. The Morgan fingerprint density at radius 2 is 1.49 bits per heavy atom. The van der Waals surface area contributed by atoms with Crippen molar-refractivity contribution in [3.63, 3.8) is 0 Å². The second-order valence-electron chi connectivity index (χ2n) is 10.1. The van der Waals surface area contributed by atoms with Gasteiger partial charge in [-0.05, 0) is 49.1 Å². The van der Waals surface area contributed by atoms with Crippen molar-refractivity contribution in [2.45, 2.75) is 44.0 Å².